The second-order valence-electron chi connectivity index (χ2n) is 4.13. The Hall–Kier alpha value is -1.60. The summed E-state index contributed by atoms with van der Waals surface area (Å²) in [6.07, 6.45) is 1.60. The smallest absolute Gasteiger partial charge is 0.342 e. The standard InChI is InChI=1S/C13H12BrN3O2S/c1-7-3-4-9(5-10(7)14)6-11(12(18)19)20-13-15-8(2)16-17-13/h3-6H,1-2H3,(H,18,19)(H,15,16,17). The van der Waals surface area contributed by atoms with Crippen LogP contribution in [-0.2, 0) is 4.79 Å². The van der Waals surface area contributed by atoms with Gasteiger partial charge >= 0.3 is 5.97 Å². The predicted molar refractivity (Wildman–Crippen MR) is 81.5 cm³/mol. The SMILES string of the molecule is Cc1nc(SC(=Cc2ccc(C)c(Br)c2)C(=O)O)n[nH]1. The molecule has 2 N–H and O–H groups in total. The molecule has 7 heteroatoms. The number of carboxylic acid groups (broad SMARTS) is 1. The molecule has 0 saturated carbocycles. The van der Waals surface area contributed by atoms with Gasteiger partial charge in [0.25, 0.3) is 0 Å². The van der Waals surface area contributed by atoms with Crippen LogP contribution in [0.2, 0.25) is 0 Å². The zero-order valence-corrected chi connectivity index (χ0v) is 13.2. The molecule has 0 bridgehead atoms. The molecule has 0 radical (unpaired) electrons. The van der Waals surface area contributed by atoms with Gasteiger partial charge in [0, 0.05) is 4.47 Å². The number of aryl methyl sites for hydroxylation is 2. The average Bonchev–Trinajstić information content (AvgIpc) is 2.78. The fourth-order valence-electron chi connectivity index (χ4n) is 1.45. The number of thioether (sulfide) groups is 1. The predicted octanol–water partition coefficient (Wildman–Crippen LogP) is 3.40. The first-order chi connectivity index (χ1) is 9.45. The minimum atomic E-state index is -1.01. The van der Waals surface area contributed by atoms with Crippen molar-refractivity contribution in [3.8, 4) is 0 Å². The van der Waals surface area contributed by atoms with Crippen LogP contribution in [0.15, 0.2) is 32.7 Å². The molecule has 1 aromatic heterocycles. The highest BCUT2D eigenvalue weighted by molar-refractivity contribution is 9.10. The van der Waals surface area contributed by atoms with Crippen LogP contribution in [0, 0.1) is 13.8 Å². The van der Waals surface area contributed by atoms with E-state index in [9.17, 15) is 9.90 Å². The first kappa shape index (κ1) is 14.8. The number of aliphatic carboxylic acids is 1. The molecule has 1 heterocycles. The molecular weight excluding hydrogens is 342 g/mol. The molecular formula is C13H12BrN3O2S. The fourth-order valence-corrected chi connectivity index (χ4v) is 2.60. The number of hydrogen-bond donors (Lipinski definition) is 2. The fraction of sp³-hybridized carbons (Fsp3) is 0.154. The number of benzene rings is 1. The van der Waals surface area contributed by atoms with Crippen molar-refractivity contribution in [3.63, 3.8) is 0 Å². The Bertz CT molecular complexity index is 682. The number of carboxylic acids is 1. The van der Waals surface area contributed by atoms with E-state index >= 15 is 0 Å². The van der Waals surface area contributed by atoms with Crippen molar-refractivity contribution in [3.05, 3.63) is 44.5 Å². The summed E-state index contributed by atoms with van der Waals surface area (Å²) in [5, 5.41) is 16.3. The Morgan fingerprint density at radius 2 is 2.20 bits per heavy atom. The van der Waals surface area contributed by atoms with Gasteiger partial charge in [-0.2, -0.15) is 0 Å². The van der Waals surface area contributed by atoms with Gasteiger partial charge in [0.1, 0.15) is 10.7 Å². The van der Waals surface area contributed by atoms with Gasteiger partial charge in [0.2, 0.25) is 5.16 Å². The topological polar surface area (TPSA) is 78.9 Å². The number of nitrogens with zero attached hydrogens (tertiary/aromatic N) is 2. The van der Waals surface area contributed by atoms with Gasteiger partial charge in [-0.05, 0) is 48.9 Å². The van der Waals surface area contributed by atoms with Gasteiger partial charge in [-0.3, -0.25) is 5.10 Å². The second kappa shape index (κ2) is 6.23. The quantitative estimate of drug-likeness (QED) is 0.650. The first-order valence-electron chi connectivity index (χ1n) is 5.73. The highest BCUT2D eigenvalue weighted by atomic mass is 79.9. The van der Waals surface area contributed by atoms with E-state index in [1.807, 2.05) is 25.1 Å². The third-order valence-corrected chi connectivity index (χ3v) is 4.21. The van der Waals surface area contributed by atoms with Crippen molar-refractivity contribution in [2.24, 2.45) is 0 Å². The van der Waals surface area contributed by atoms with E-state index in [-0.39, 0.29) is 4.91 Å². The molecule has 0 unspecified atom stereocenters. The van der Waals surface area contributed by atoms with Crippen LogP contribution < -0.4 is 0 Å². The summed E-state index contributed by atoms with van der Waals surface area (Å²) < 4.78 is 0.940. The van der Waals surface area contributed by atoms with Crippen LogP contribution in [0.5, 0.6) is 0 Å². The van der Waals surface area contributed by atoms with E-state index in [1.165, 1.54) is 0 Å². The first-order valence-corrected chi connectivity index (χ1v) is 7.34. The van der Waals surface area contributed by atoms with E-state index in [4.69, 9.17) is 0 Å². The molecule has 0 saturated heterocycles. The van der Waals surface area contributed by atoms with E-state index in [1.54, 1.807) is 13.0 Å². The van der Waals surface area contributed by atoms with E-state index in [0.717, 1.165) is 27.4 Å². The van der Waals surface area contributed by atoms with Gasteiger partial charge in [-0.25, -0.2) is 9.78 Å². The molecule has 0 aliphatic carbocycles. The van der Waals surface area contributed by atoms with Crippen LogP contribution >= 0.6 is 27.7 Å². The largest absolute Gasteiger partial charge is 0.477 e. The minimum Gasteiger partial charge on any atom is -0.477 e. The van der Waals surface area contributed by atoms with Crippen molar-refractivity contribution in [1.29, 1.82) is 0 Å². The zero-order chi connectivity index (χ0) is 14.7. The maximum absolute atomic E-state index is 11.3. The van der Waals surface area contributed by atoms with Crippen molar-refractivity contribution in [1.82, 2.24) is 15.2 Å². The Morgan fingerprint density at radius 1 is 1.45 bits per heavy atom. The molecule has 5 nitrogen and oxygen atoms in total. The molecule has 0 atom stereocenters. The van der Waals surface area contributed by atoms with Gasteiger partial charge in [0.15, 0.2) is 0 Å². The van der Waals surface area contributed by atoms with Crippen molar-refractivity contribution in [2.45, 2.75) is 19.0 Å². The number of aromatic nitrogens is 3. The van der Waals surface area contributed by atoms with Gasteiger partial charge < -0.3 is 5.11 Å². The third kappa shape index (κ3) is 3.71. The summed E-state index contributed by atoms with van der Waals surface area (Å²) in [6.45, 7) is 3.74. The molecule has 0 aliphatic heterocycles. The summed E-state index contributed by atoms with van der Waals surface area (Å²) in [4.78, 5) is 15.6. The van der Waals surface area contributed by atoms with E-state index in [2.05, 4.69) is 31.1 Å². The van der Waals surface area contributed by atoms with Crippen LogP contribution in [0.4, 0.5) is 0 Å². The number of rotatable bonds is 4. The lowest BCUT2D eigenvalue weighted by Gasteiger charge is -2.02. The second-order valence-corrected chi connectivity index (χ2v) is 5.99. The van der Waals surface area contributed by atoms with Crippen LogP contribution in [0.25, 0.3) is 6.08 Å². The lowest BCUT2D eigenvalue weighted by atomic mass is 10.1. The molecule has 0 aliphatic rings. The number of carbonyl (C=O) groups is 1. The molecule has 0 amide bonds. The van der Waals surface area contributed by atoms with Crippen LogP contribution in [-0.4, -0.2) is 26.3 Å². The van der Waals surface area contributed by atoms with Gasteiger partial charge in [-0.1, -0.05) is 28.1 Å². The Balaban J connectivity index is 2.29. The number of aromatic amines is 1. The van der Waals surface area contributed by atoms with Gasteiger partial charge in [0.05, 0.1) is 0 Å². The summed E-state index contributed by atoms with van der Waals surface area (Å²) in [6, 6.07) is 5.67. The Morgan fingerprint density at radius 3 is 2.75 bits per heavy atom. The number of nitrogens with one attached hydrogen (secondary N) is 1. The van der Waals surface area contributed by atoms with E-state index < -0.39 is 5.97 Å². The maximum atomic E-state index is 11.3. The molecule has 2 rings (SSSR count). The lowest BCUT2D eigenvalue weighted by molar-refractivity contribution is -0.131. The monoisotopic (exact) mass is 353 g/mol. The lowest BCUT2D eigenvalue weighted by Crippen LogP contribution is -1.97. The molecule has 104 valence electrons. The summed E-state index contributed by atoms with van der Waals surface area (Å²) in [5.74, 6) is -0.357. The molecule has 0 spiro atoms. The van der Waals surface area contributed by atoms with Crippen molar-refractivity contribution < 1.29 is 9.90 Å². The number of hydrogen-bond acceptors (Lipinski definition) is 4. The van der Waals surface area contributed by atoms with Crippen LogP contribution in [0.3, 0.4) is 0 Å². The average molecular weight is 354 g/mol. The molecule has 2 aromatic rings. The Labute approximate surface area is 128 Å². The molecule has 0 fully saturated rings. The highest BCUT2D eigenvalue weighted by Gasteiger charge is 2.13. The van der Waals surface area contributed by atoms with Crippen molar-refractivity contribution in [2.75, 3.05) is 0 Å². The highest BCUT2D eigenvalue weighted by Crippen LogP contribution is 2.27. The Kier molecular flexibility index (Phi) is 4.61. The van der Waals surface area contributed by atoms with Crippen molar-refractivity contribution >= 4 is 39.7 Å². The molecule has 20 heavy (non-hydrogen) atoms. The molecule has 1 aromatic carbocycles. The zero-order valence-electron chi connectivity index (χ0n) is 10.8. The van der Waals surface area contributed by atoms with E-state index in [0.29, 0.717) is 11.0 Å². The van der Waals surface area contributed by atoms with Gasteiger partial charge in [-0.15, -0.1) is 5.10 Å². The number of H-pyrrole nitrogens is 1. The minimum absolute atomic E-state index is 0.166. The van der Waals surface area contributed by atoms with Crippen LogP contribution in [0.1, 0.15) is 17.0 Å². The third-order valence-electron chi connectivity index (χ3n) is 2.48. The maximum Gasteiger partial charge on any atom is 0.342 e. The normalized spacial score (nSPS) is 11.7. The summed E-state index contributed by atoms with van der Waals surface area (Å²) in [7, 11) is 0. The summed E-state index contributed by atoms with van der Waals surface area (Å²) in [5.41, 5.74) is 1.90. The number of halogens is 1. The summed E-state index contributed by atoms with van der Waals surface area (Å²) >= 11 is 4.45.